The van der Waals surface area contributed by atoms with Crippen molar-refractivity contribution in [2.24, 2.45) is 25.0 Å². The van der Waals surface area contributed by atoms with E-state index in [2.05, 4.69) is 131 Å². The van der Waals surface area contributed by atoms with E-state index in [9.17, 15) is 28.4 Å². The number of pyridine rings is 1. The van der Waals surface area contributed by atoms with Gasteiger partial charge in [0.15, 0.2) is 28.8 Å². The van der Waals surface area contributed by atoms with Gasteiger partial charge in [0, 0.05) is 105 Å². The quantitative estimate of drug-likeness (QED) is 0.0921. The summed E-state index contributed by atoms with van der Waals surface area (Å²) < 4.78 is 41.6. The Kier molecular flexibility index (Phi) is 27.7. The smallest absolute Gasteiger partial charge is 0.169 e. The number of hydrogen-bond acceptors (Lipinski definition) is 21. The fraction of sp³-hybridized carbons (Fsp3) is 0.222. The van der Waals surface area contributed by atoms with Gasteiger partial charge in [-0.3, -0.25) is 53.9 Å². The first-order valence-electron chi connectivity index (χ1n) is 43.7. The summed E-state index contributed by atoms with van der Waals surface area (Å²) in [5, 5.41) is 23.0. The number of fused-ring (bicyclic) bond motifs is 15. The highest BCUT2D eigenvalue weighted by molar-refractivity contribution is 6.39. The van der Waals surface area contributed by atoms with E-state index >= 15 is 0 Å². The third-order valence-electron chi connectivity index (χ3n) is 23.7. The molecular weight excluding hydrogens is 1770 g/mol. The van der Waals surface area contributed by atoms with E-state index in [4.69, 9.17) is 94.0 Å². The maximum Gasteiger partial charge on any atom is 0.169 e. The van der Waals surface area contributed by atoms with Gasteiger partial charge in [-0.25, -0.2) is 4.39 Å². The van der Waals surface area contributed by atoms with Crippen LogP contribution in [0.5, 0.6) is 0 Å². The van der Waals surface area contributed by atoms with Crippen LogP contribution in [0.2, 0.25) is 20.1 Å². The summed E-state index contributed by atoms with van der Waals surface area (Å²) in [4.78, 5) is 88.3. The van der Waals surface area contributed by atoms with Gasteiger partial charge >= 0.3 is 0 Å². The monoisotopic (exact) mass is 1860 g/mol. The number of nitrogens with zero attached hydrogens (tertiary/aromatic N) is 11. The molecule has 0 bridgehead atoms. The van der Waals surface area contributed by atoms with Crippen molar-refractivity contribution in [2.75, 3.05) is 0 Å². The number of halogens is 5. The van der Waals surface area contributed by atoms with Gasteiger partial charge in [-0.05, 0) is 203 Å². The second-order valence-electron chi connectivity index (χ2n) is 34.0. The lowest BCUT2D eigenvalue weighted by Crippen LogP contribution is -2.09. The van der Waals surface area contributed by atoms with Crippen molar-refractivity contribution < 1.29 is 51.0 Å². The van der Waals surface area contributed by atoms with E-state index in [0.717, 1.165) is 162 Å². The summed E-state index contributed by atoms with van der Waals surface area (Å²) in [5.41, 5.74) is 30.7. The maximum absolute atomic E-state index is 13.4. The van der Waals surface area contributed by atoms with Crippen molar-refractivity contribution in [3.05, 3.63) is 374 Å². The first kappa shape index (κ1) is 93.2. The number of carbonyl (C=O) groups is 5. The fourth-order valence-corrected chi connectivity index (χ4v) is 18.6. The highest BCUT2D eigenvalue weighted by Crippen LogP contribution is 2.50. The van der Waals surface area contributed by atoms with Gasteiger partial charge in [0.2, 0.25) is 0 Å². The maximum atomic E-state index is 13.4. The van der Waals surface area contributed by atoms with Crippen molar-refractivity contribution in [3.63, 3.8) is 0 Å². The predicted molar refractivity (Wildman–Crippen MR) is 521 cm³/mol. The van der Waals surface area contributed by atoms with Gasteiger partial charge in [-0.2, -0.15) is 0 Å². The summed E-state index contributed by atoms with van der Waals surface area (Å²) in [6.45, 7) is 25.6. The van der Waals surface area contributed by atoms with Crippen LogP contribution in [0, 0.1) is 68.1 Å². The molecule has 5 atom stereocenters. The lowest BCUT2D eigenvalue weighted by Gasteiger charge is -2.14. The number of hydrogen-bond donors (Lipinski definition) is 0. The van der Waals surface area contributed by atoms with E-state index < -0.39 is 18.1 Å². The lowest BCUT2D eigenvalue weighted by atomic mass is 9.89. The number of Topliss-reactive ketones (excluding diaryl/α,β-unsaturated/α-hetero) is 5. The average molecular weight is 1860 g/mol. The van der Waals surface area contributed by atoms with Crippen LogP contribution in [0.15, 0.2) is 260 Å². The zero-order valence-corrected chi connectivity index (χ0v) is 79.0. The van der Waals surface area contributed by atoms with Crippen LogP contribution >= 0.6 is 46.4 Å². The molecule has 20 rings (SSSR count). The molecule has 15 aromatic rings. The van der Waals surface area contributed by atoms with Crippen molar-refractivity contribution in [3.8, 4) is 55.6 Å². The van der Waals surface area contributed by atoms with Crippen molar-refractivity contribution in [1.29, 1.82) is 0 Å². The molecule has 0 unspecified atom stereocenters. The number of benzene rings is 9. The molecule has 11 heterocycles. The second-order valence-corrected chi connectivity index (χ2v) is 35.7. The predicted octanol–water partition coefficient (Wildman–Crippen LogP) is 26.0. The highest BCUT2D eigenvalue weighted by Gasteiger charge is 2.39. The van der Waals surface area contributed by atoms with Crippen LogP contribution in [0.25, 0.3) is 55.6 Å². The second kappa shape index (κ2) is 39.8. The Bertz CT molecular complexity index is 6590. The molecule has 0 fully saturated rings. The zero-order valence-electron chi connectivity index (χ0n) is 76.0. The van der Waals surface area contributed by atoms with E-state index in [1.165, 1.54) is 30.2 Å². The minimum absolute atomic E-state index is 0.0146. The SMILES string of the molecule is CC(=O)C[C@@H]1N=C(c2ccc(C)cc2)c2c(C)cccc2-c2c(C)noc21.CC(=O)C[C@@H]1N=C(c2ccc(C)cc2)c2c(C)cccc2-c2c(C)noc21.CC(=O)C[C@@H]1N=C(c2ccc(Cl)cc2)c2c(Cl)cccc2-c2c(C)noc21.CC(=O)C[C@@H]1N=C(c2ccc(F)cc2)c2c(Cl)cccc2-c2c(C)noc21.CC(=O)C[C@@H]1N=C(c2ccncc2)c2c(Cl)cccc2-c2c(C)noc21. The van der Waals surface area contributed by atoms with E-state index in [1.54, 1.807) is 58.3 Å². The molecule has 5 aliphatic rings. The third-order valence-corrected chi connectivity index (χ3v) is 24.9. The standard InChI is InChI=1S/2C23H22N2O2.C21H16Cl2N2O2.C21H16ClFN2O2.C20H16ClN3O2/c2*1-13-8-10-17(11-9-13)22-20-14(2)6-5-7-18(20)21-16(4)25-27-23(21)19(24-22)12-15(3)26;1-11(26)10-17-21-18(12(2)25-27-21)15-4-3-5-16(23)19(15)20(24-17)13-6-8-14(22)9-7-13;1-11(26)10-17-21-18(12(2)25-27-21)15-4-3-5-16(22)19(15)20(24-17)13-6-8-14(23)9-7-13;1-11(25)10-16-20-17(12(2)24-26-20)14-4-3-5-15(21)18(14)19(23-16)13-6-8-22-9-7-13/h2*5-11,19H,12H2,1-4H3;2*3-9,17H,10H2,1-2H3;3-9,16H,10H2,1-2H3/t2*19-;2*17-;16-/m00000/s1. The molecule has 26 heteroatoms. The molecule has 0 aliphatic carbocycles. The number of rotatable bonds is 15. The van der Waals surface area contributed by atoms with Gasteiger partial charge in [-0.15, -0.1) is 0 Å². The molecule has 21 nitrogen and oxygen atoms in total. The number of carbonyl (C=O) groups excluding carboxylic acids is 5. The van der Waals surface area contributed by atoms with Gasteiger partial charge in [-0.1, -0.05) is 217 Å². The van der Waals surface area contributed by atoms with Crippen LogP contribution in [0.1, 0.15) is 232 Å². The highest BCUT2D eigenvalue weighted by atomic mass is 35.5. The molecule has 0 amide bonds. The zero-order chi connectivity index (χ0) is 94.8. The van der Waals surface area contributed by atoms with Gasteiger partial charge in [0.25, 0.3) is 0 Å². The first-order chi connectivity index (χ1) is 64.4. The fourth-order valence-electron chi connectivity index (χ4n) is 17.7. The topological polar surface area (TPSA) is 290 Å². The lowest BCUT2D eigenvalue weighted by molar-refractivity contribution is -0.118. The third kappa shape index (κ3) is 19.3. The first-order valence-corrected chi connectivity index (χ1v) is 45.2. The largest absolute Gasteiger partial charge is 0.358 e. The number of aromatic nitrogens is 6. The molecule has 5 aliphatic heterocycles. The molecule has 134 heavy (non-hydrogen) atoms. The number of ketones is 5. The van der Waals surface area contributed by atoms with Crippen LogP contribution in [0.3, 0.4) is 0 Å². The molecule has 0 spiro atoms. The summed E-state index contributed by atoms with van der Waals surface area (Å²) in [5.74, 6) is 2.96. The van der Waals surface area contributed by atoms with Gasteiger partial charge < -0.3 is 22.6 Å². The summed E-state index contributed by atoms with van der Waals surface area (Å²) in [7, 11) is 0. The minimum Gasteiger partial charge on any atom is -0.358 e. The normalized spacial score (nSPS) is 15.6. The summed E-state index contributed by atoms with van der Waals surface area (Å²) in [6, 6.07) is 61.2. The van der Waals surface area contributed by atoms with Crippen molar-refractivity contribution in [2.45, 2.75) is 159 Å². The molecule has 0 N–H and O–H groups in total. The number of aliphatic imine (C=N–C) groups is 5. The van der Waals surface area contributed by atoms with Crippen molar-refractivity contribution >= 4 is 104 Å². The van der Waals surface area contributed by atoms with Gasteiger partial charge in [0.05, 0.1) is 99.9 Å². The Hall–Kier alpha value is -14.0. The molecule has 9 aromatic carbocycles. The Balaban J connectivity index is 0.000000122. The Morgan fingerprint density at radius 1 is 0.276 bits per heavy atom. The molecule has 6 aromatic heterocycles. The summed E-state index contributed by atoms with van der Waals surface area (Å²) in [6.07, 6.45) is 4.66. The van der Waals surface area contributed by atoms with Crippen LogP contribution < -0.4 is 0 Å². The van der Waals surface area contributed by atoms with Crippen LogP contribution in [-0.2, 0) is 24.0 Å². The summed E-state index contributed by atoms with van der Waals surface area (Å²) >= 11 is 25.8. The Morgan fingerprint density at radius 2 is 0.500 bits per heavy atom. The Labute approximate surface area is 793 Å². The molecule has 0 radical (unpaired) electrons. The molecule has 674 valence electrons. The molecular formula is C108H92Cl4FN11O10. The number of aryl methyl sites for hydroxylation is 9. The Morgan fingerprint density at radius 3 is 0.761 bits per heavy atom. The van der Waals surface area contributed by atoms with E-state index in [-0.39, 0.29) is 66.1 Å². The van der Waals surface area contributed by atoms with Crippen molar-refractivity contribution in [1.82, 2.24) is 30.8 Å². The van der Waals surface area contributed by atoms with Gasteiger partial charge in [0.1, 0.15) is 64.9 Å². The van der Waals surface area contributed by atoms with Crippen LogP contribution in [0.4, 0.5) is 4.39 Å². The van der Waals surface area contributed by atoms with Crippen LogP contribution in [-0.4, -0.2) is 88.2 Å². The van der Waals surface area contributed by atoms with E-state index in [1.807, 2.05) is 132 Å². The minimum atomic E-state index is -0.526. The van der Waals surface area contributed by atoms with E-state index in [0.29, 0.717) is 78.9 Å². The molecule has 0 saturated heterocycles. The molecule has 0 saturated carbocycles. The average Bonchev–Trinajstić information content (AvgIpc) is 1.62.